The molecule has 0 fully saturated rings. The van der Waals surface area contributed by atoms with E-state index in [0.29, 0.717) is 42.9 Å². The number of Topliss-reactive ketones (excluding diaryl/α,β-unsaturated/α-hetero) is 2. The van der Waals surface area contributed by atoms with Crippen molar-refractivity contribution in [3.8, 4) is 5.75 Å². The number of non-ortho nitro benzene ring substituents is 1. The van der Waals surface area contributed by atoms with Gasteiger partial charge in [-0.1, -0.05) is 43.6 Å². The second kappa shape index (κ2) is 12.0. The molecule has 228 valence electrons. The van der Waals surface area contributed by atoms with E-state index in [0.717, 1.165) is 46.3 Å². The zero-order valence-corrected chi connectivity index (χ0v) is 27.1. The van der Waals surface area contributed by atoms with E-state index in [1.54, 1.807) is 19.2 Å². The van der Waals surface area contributed by atoms with E-state index < -0.39 is 10.8 Å². The summed E-state index contributed by atoms with van der Waals surface area (Å²) in [7, 11) is 1.69. The van der Waals surface area contributed by atoms with Gasteiger partial charge in [0.2, 0.25) is 0 Å². The number of rotatable bonds is 9. The van der Waals surface area contributed by atoms with Crippen molar-refractivity contribution in [2.75, 3.05) is 20.3 Å². The van der Waals surface area contributed by atoms with Crippen LogP contribution in [0.3, 0.4) is 0 Å². The highest BCUT2D eigenvalue weighted by molar-refractivity contribution is 9.10. The molecule has 0 bridgehead atoms. The van der Waals surface area contributed by atoms with Crippen LogP contribution in [0.15, 0.2) is 69.5 Å². The topological polar surface area (TPSA) is 99.0 Å². The van der Waals surface area contributed by atoms with Crippen LogP contribution in [0.5, 0.6) is 5.75 Å². The highest BCUT2D eigenvalue weighted by Crippen LogP contribution is 2.55. The Kier molecular flexibility index (Phi) is 8.69. The Hall–Kier alpha value is -3.30. The van der Waals surface area contributed by atoms with Gasteiger partial charge in [-0.2, -0.15) is 0 Å². The second-order valence-electron chi connectivity index (χ2n) is 13.4. The van der Waals surface area contributed by atoms with Gasteiger partial charge in [0.25, 0.3) is 5.69 Å². The number of benzene rings is 2. The monoisotopic (exact) mass is 650 g/mol. The van der Waals surface area contributed by atoms with E-state index in [9.17, 15) is 19.7 Å². The zero-order valence-electron chi connectivity index (χ0n) is 25.5. The van der Waals surface area contributed by atoms with Gasteiger partial charge in [0.05, 0.1) is 4.92 Å². The van der Waals surface area contributed by atoms with Crippen molar-refractivity contribution in [2.45, 2.75) is 72.3 Å². The lowest BCUT2D eigenvalue weighted by Gasteiger charge is -2.49. The fraction of sp³-hybridized carbons (Fsp3) is 0.471. The van der Waals surface area contributed by atoms with Crippen molar-refractivity contribution in [3.05, 3.63) is 90.7 Å². The van der Waals surface area contributed by atoms with Crippen LogP contribution in [0.1, 0.15) is 76.8 Å². The van der Waals surface area contributed by atoms with Crippen LogP contribution in [-0.2, 0) is 20.9 Å². The van der Waals surface area contributed by atoms with Crippen molar-refractivity contribution in [1.29, 1.82) is 0 Å². The summed E-state index contributed by atoms with van der Waals surface area (Å²) in [6, 6.07) is 12.0. The lowest BCUT2D eigenvalue weighted by atomic mass is 9.63. The minimum Gasteiger partial charge on any atom is -0.489 e. The molecule has 9 heteroatoms. The van der Waals surface area contributed by atoms with Gasteiger partial charge in [-0.15, -0.1) is 0 Å². The Labute approximate surface area is 261 Å². The molecule has 0 saturated heterocycles. The van der Waals surface area contributed by atoms with Gasteiger partial charge in [0, 0.05) is 83.7 Å². The number of nitrogens with zero attached hydrogens (tertiary/aromatic N) is 2. The van der Waals surface area contributed by atoms with Gasteiger partial charge < -0.3 is 14.4 Å². The summed E-state index contributed by atoms with van der Waals surface area (Å²) in [4.78, 5) is 41.2. The Morgan fingerprint density at radius 1 is 0.930 bits per heavy atom. The maximum absolute atomic E-state index is 14.1. The summed E-state index contributed by atoms with van der Waals surface area (Å²) in [5.74, 6) is 0.172. The van der Waals surface area contributed by atoms with E-state index in [4.69, 9.17) is 9.47 Å². The maximum atomic E-state index is 14.1. The molecule has 0 N–H and O–H groups in total. The first kappa shape index (κ1) is 31.1. The van der Waals surface area contributed by atoms with E-state index in [1.807, 2.05) is 18.2 Å². The molecular weight excluding hydrogens is 612 g/mol. The number of methoxy groups -OCH3 is 1. The summed E-state index contributed by atoms with van der Waals surface area (Å²) < 4.78 is 12.6. The van der Waals surface area contributed by atoms with Gasteiger partial charge in [-0.25, -0.2) is 0 Å². The lowest BCUT2D eigenvalue weighted by Crippen LogP contribution is -2.44. The van der Waals surface area contributed by atoms with Crippen molar-refractivity contribution in [3.63, 3.8) is 0 Å². The number of hydrogen-bond acceptors (Lipinski definition) is 7. The lowest BCUT2D eigenvalue weighted by molar-refractivity contribution is -0.384. The fourth-order valence-electron chi connectivity index (χ4n) is 6.75. The van der Waals surface area contributed by atoms with Crippen LogP contribution < -0.4 is 4.74 Å². The fourth-order valence-corrected chi connectivity index (χ4v) is 7.13. The normalized spacial score (nSPS) is 19.8. The number of ether oxygens (including phenoxy) is 2. The third-order valence-corrected chi connectivity index (χ3v) is 9.07. The molecule has 0 unspecified atom stereocenters. The highest BCUT2D eigenvalue weighted by atomic mass is 79.9. The minimum absolute atomic E-state index is 0.0155. The predicted octanol–water partition coefficient (Wildman–Crippen LogP) is 7.66. The number of nitro benzene ring substituents is 1. The smallest absolute Gasteiger partial charge is 0.269 e. The molecular formula is C34H39BrN2O6. The number of hydrogen-bond donors (Lipinski definition) is 0. The third kappa shape index (κ3) is 6.48. The SMILES string of the molecule is COCCCN1C2=C(C(=O)CC(C)(C)C2)C(c2cc(Br)ccc2OCc2ccc([N+](=O)[O-])cc2)C2=C1CC(C)(C)CC2=O. The summed E-state index contributed by atoms with van der Waals surface area (Å²) in [6.07, 6.45) is 3.05. The maximum Gasteiger partial charge on any atom is 0.269 e. The summed E-state index contributed by atoms with van der Waals surface area (Å²) >= 11 is 3.63. The van der Waals surface area contributed by atoms with Gasteiger partial charge >= 0.3 is 0 Å². The van der Waals surface area contributed by atoms with Crippen LogP contribution in [-0.4, -0.2) is 41.7 Å². The average Bonchev–Trinajstić information content (AvgIpc) is 2.91. The molecule has 0 atom stereocenters. The molecule has 3 aliphatic rings. The highest BCUT2D eigenvalue weighted by Gasteiger charge is 2.49. The van der Waals surface area contributed by atoms with Crippen LogP contribution in [0, 0.1) is 20.9 Å². The summed E-state index contributed by atoms with van der Waals surface area (Å²) in [6.45, 7) is 9.98. The standard InChI is InChI=1S/C34H39BrN2O6/c1-33(2)16-25-31(27(38)18-33)30(32-26(36(25)13-6-14-42-5)17-34(3,4)19-28(32)39)24-15-22(35)9-12-29(24)43-20-21-7-10-23(11-8-21)37(40)41/h7-12,15,30H,6,13-14,16-20H2,1-5H3. The largest absolute Gasteiger partial charge is 0.489 e. The van der Waals surface area contributed by atoms with Crippen LogP contribution in [0.2, 0.25) is 0 Å². The number of carbonyl (C=O) groups excluding carboxylic acids is 2. The van der Waals surface area contributed by atoms with Gasteiger partial charge in [-0.3, -0.25) is 19.7 Å². The van der Waals surface area contributed by atoms with Crippen molar-refractivity contribution < 1.29 is 24.0 Å². The summed E-state index contributed by atoms with van der Waals surface area (Å²) in [5, 5.41) is 11.1. The Morgan fingerprint density at radius 2 is 1.51 bits per heavy atom. The number of halogens is 1. The first-order valence-corrected chi connectivity index (χ1v) is 15.5. The summed E-state index contributed by atoms with van der Waals surface area (Å²) in [5.41, 5.74) is 4.55. The molecule has 0 radical (unpaired) electrons. The van der Waals surface area contributed by atoms with Crippen LogP contribution in [0.25, 0.3) is 0 Å². The molecule has 0 aromatic heterocycles. The molecule has 0 saturated carbocycles. The van der Waals surface area contributed by atoms with Crippen molar-refractivity contribution in [1.82, 2.24) is 4.90 Å². The molecule has 2 aliphatic carbocycles. The van der Waals surface area contributed by atoms with E-state index >= 15 is 0 Å². The number of allylic oxidation sites excluding steroid dienone is 4. The van der Waals surface area contributed by atoms with Gasteiger partial charge in [0.15, 0.2) is 11.6 Å². The number of carbonyl (C=O) groups is 2. The molecule has 1 heterocycles. The molecule has 8 nitrogen and oxygen atoms in total. The quantitative estimate of drug-likeness (QED) is 0.156. The molecule has 1 aliphatic heterocycles. The van der Waals surface area contributed by atoms with Crippen molar-refractivity contribution in [2.24, 2.45) is 10.8 Å². The van der Waals surface area contributed by atoms with Gasteiger partial charge in [-0.05, 0) is 66.0 Å². The third-order valence-electron chi connectivity index (χ3n) is 8.58. The van der Waals surface area contributed by atoms with Crippen molar-refractivity contribution >= 4 is 33.2 Å². The van der Waals surface area contributed by atoms with Gasteiger partial charge in [0.1, 0.15) is 12.4 Å². The van der Waals surface area contributed by atoms with Crippen LogP contribution in [0.4, 0.5) is 5.69 Å². The predicted molar refractivity (Wildman–Crippen MR) is 168 cm³/mol. The molecule has 2 aromatic rings. The minimum atomic E-state index is -0.541. The average molecular weight is 652 g/mol. The first-order chi connectivity index (χ1) is 20.3. The zero-order chi connectivity index (χ0) is 31.1. The Morgan fingerprint density at radius 3 is 2.05 bits per heavy atom. The Balaban J connectivity index is 1.65. The molecule has 0 spiro atoms. The number of ketones is 2. The first-order valence-electron chi connectivity index (χ1n) is 14.7. The molecule has 43 heavy (non-hydrogen) atoms. The Bertz CT molecular complexity index is 1470. The molecule has 0 amide bonds. The molecule has 5 rings (SSSR count). The van der Waals surface area contributed by atoms with Crippen LogP contribution >= 0.6 is 15.9 Å². The van der Waals surface area contributed by atoms with E-state index in [2.05, 4.69) is 48.5 Å². The van der Waals surface area contributed by atoms with E-state index in [-0.39, 0.29) is 34.7 Å². The second-order valence-corrected chi connectivity index (χ2v) is 14.3. The number of nitro groups is 1. The molecule has 2 aromatic carbocycles. The van der Waals surface area contributed by atoms with E-state index in [1.165, 1.54) is 12.1 Å².